The fourth-order valence-corrected chi connectivity index (χ4v) is 5.38. The van der Waals surface area contributed by atoms with Crippen molar-refractivity contribution in [2.24, 2.45) is 23.7 Å². The molecule has 3 fully saturated rings. The van der Waals surface area contributed by atoms with Crippen LogP contribution in [0.15, 0.2) is 36.4 Å². The van der Waals surface area contributed by atoms with E-state index in [0.29, 0.717) is 26.2 Å². The average molecular weight is 395 g/mol. The maximum absolute atomic E-state index is 12.8. The number of amides is 3. The third-order valence-electron chi connectivity index (χ3n) is 6.91. The monoisotopic (exact) mass is 395 g/mol. The van der Waals surface area contributed by atoms with Crippen LogP contribution in [0.1, 0.15) is 6.42 Å². The van der Waals surface area contributed by atoms with Gasteiger partial charge in [-0.1, -0.05) is 18.2 Å². The number of benzene rings is 1. The Morgan fingerprint density at radius 2 is 1.69 bits per heavy atom. The molecule has 4 atom stereocenters. The molecule has 7 nitrogen and oxygen atoms in total. The largest absolute Gasteiger partial charge is 0.497 e. The predicted molar refractivity (Wildman–Crippen MR) is 106 cm³/mol. The molecule has 3 amide bonds. The molecule has 5 rings (SSSR count). The van der Waals surface area contributed by atoms with Crippen LogP contribution in [0.5, 0.6) is 5.75 Å². The number of fused-ring (bicyclic) bond motifs is 5. The predicted octanol–water partition coefficient (Wildman–Crippen LogP) is 1.15. The zero-order chi connectivity index (χ0) is 20.1. The van der Waals surface area contributed by atoms with Gasteiger partial charge in [0.05, 0.1) is 18.9 Å². The molecule has 4 aliphatic rings. The first-order valence-electron chi connectivity index (χ1n) is 10.3. The highest BCUT2D eigenvalue weighted by Gasteiger charge is 2.59. The van der Waals surface area contributed by atoms with E-state index in [0.717, 1.165) is 17.9 Å². The van der Waals surface area contributed by atoms with Crippen LogP contribution < -0.4 is 9.64 Å². The second-order valence-electron chi connectivity index (χ2n) is 8.33. The molecule has 0 spiro atoms. The molecular weight excluding hydrogens is 370 g/mol. The molecule has 1 saturated carbocycles. The summed E-state index contributed by atoms with van der Waals surface area (Å²) in [4.78, 5) is 43.6. The van der Waals surface area contributed by atoms with E-state index in [1.165, 1.54) is 4.90 Å². The maximum atomic E-state index is 12.8. The lowest BCUT2D eigenvalue weighted by atomic mass is 9.85. The van der Waals surface area contributed by atoms with Gasteiger partial charge in [0.2, 0.25) is 17.7 Å². The fraction of sp³-hybridized carbons (Fsp3) is 0.500. The van der Waals surface area contributed by atoms with E-state index >= 15 is 0 Å². The summed E-state index contributed by atoms with van der Waals surface area (Å²) in [6.45, 7) is 2.45. The van der Waals surface area contributed by atoms with E-state index in [1.54, 1.807) is 12.0 Å². The molecule has 0 unspecified atom stereocenters. The first kappa shape index (κ1) is 18.2. The van der Waals surface area contributed by atoms with Gasteiger partial charge in [-0.2, -0.15) is 0 Å². The molecule has 29 heavy (non-hydrogen) atoms. The summed E-state index contributed by atoms with van der Waals surface area (Å²) >= 11 is 0. The molecule has 2 bridgehead atoms. The van der Waals surface area contributed by atoms with Crippen LogP contribution in [0.2, 0.25) is 0 Å². The van der Waals surface area contributed by atoms with E-state index < -0.39 is 0 Å². The molecule has 2 aliphatic heterocycles. The Balaban J connectivity index is 1.20. The normalized spacial score (nSPS) is 30.3. The van der Waals surface area contributed by atoms with Crippen molar-refractivity contribution in [2.75, 3.05) is 44.7 Å². The number of carbonyl (C=O) groups excluding carboxylic acids is 3. The van der Waals surface area contributed by atoms with Gasteiger partial charge in [-0.3, -0.25) is 19.3 Å². The van der Waals surface area contributed by atoms with E-state index in [1.807, 2.05) is 24.3 Å². The smallest absolute Gasteiger partial charge is 0.242 e. The van der Waals surface area contributed by atoms with Crippen LogP contribution in [0.3, 0.4) is 0 Å². The third-order valence-corrected chi connectivity index (χ3v) is 6.91. The van der Waals surface area contributed by atoms with Crippen molar-refractivity contribution < 1.29 is 19.1 Å². The molecule has 1 aromatic carbocycles. The van der Waals surface area contributed by atoms with Gasteiger partial charge < -0.3 is 14.5 Å². The van der Waals surface area contributed by atoms with Crippen molar-refractivity contribution in [2.45, 2.75) is 6.42 Å². The summed E-state index contributed by atoms with van der Waals surface area (Å²) in [6, 6.07) is 7.88. The minimum atomic E-state index is -0.241. The Bertz CT molecular complexity index is 860. The molecule has 2 aliphatic carbocycles. The number of methoxy groups -OCH3 is 1. The van der Waals surface area contributed by atoms with Crippen LogP contribution in [0.4, 0.5) is 5.69 Å². The Kier molecular flexibility index (Phi) is 4.33. The van der Waals surface area contributed by atoms with Gasteiger partial charge in [-0.15, -0.1) is 0 Å². The quantitative estimate of drug-likeness (QED) is 0.565. The minimum Gasteiger partial charge on any atom is -0.497 e. The van der Waals surface area contributed by atoms with Crippen LogP contribution in [-0.2, 0) is 14.4 Å². The van der Waals surface area contributed by atoms with E-state index in [9.17, 15) is 14.4 Å². The Hall–Kier alpha value is -2.83. The van der Waals surface area contributed by atoms with E-state index in [-0.39, 0.29) is 47.9 Å². The number of carbonyl (C=O) groups is 3. The molecule has 1 aromatic rings. The Morgan fingerprint density at radius 3 is 2.31 bits per heavy atom. The summed E-state index contributed by atoms with van der Waals surface area (Å²) in [5.74, 6) is 0.227. The lowest BCUT2D eigenvalue weighted by Crippen LogP contribution is -2.52. The molecule has 152 valence electrons. The van der Waals surface area contributed by atoms with Crippen LogP contribution in [-0.4, -0.2) is 67.4 Å². The zero-order valence-corrected chi connectivity index (χ0v) is 16.5. The van der Waals surface area contributed by atoms with Gasteiger partial charge in [-0.25, -0.2) is 0 Å². The number of likely N-dealkylation sites (tertiary alicyclic amines) is 1. The van der Waals surface area contributed by atoms with Gasteiger partial charge in [0.1, 0.15) is 12.3 Å². The number of allylic oxidation sites excluding steroid dienone is 2. The van der Waals surface area contributed by atoms with Gasteiger partial charge in [0.15, 0.2) is 0 Å². The maximum Gasteiger partial charge on any atom is 0.242 e. The molecule has 0 radical (unpaired) electrons. The minimum absolute atomic E-state index is 0.122. The zero-order valence-electron chi connectivity index (χ0n) is 16.5. The number of hydrogen-bond donors (Lipinski definition) is 0. The molecular formula is C22H25N3O4. The summed E-state index contributed by atoms with van der Waals surface area (Å²) in [5, 5.41) is 0. The molecule has 7 heteroatoms. The average Bonchev–Trinajstić information content (AvgIpc) is 3.44. The van der Waals surface area contributed by atoms with Crippen molar-refractivity contribution in [1.82, 2.24) is 9.80 Å². The molecule has 2 heterocycles. The first-order chi connectivity index (χ1) is 14.1. The van der Waals surface area contributed by atoms with Crippen molar-refractivity contribution >= 4 is 23.4 Å². The van der Waals surface area contributed by atoms with Crippen LogP contribution in [0, 0.1) is 23.7 Å². The van der Waals surface area contributed by atoms with Crippen molar-refractivity contribution in [3.63, 3.8) is 0 Å². The summed E-state index contributed by atoms with van der Waals surface area (Å²) < 4.78 is 5.29. The number of ether oxygens (including phenoxy) is 1. The Labute approximate surface area is 169 Å². The number of rotatable bonds is 4. The number of nitrogens with zero attached hydrogens (tertiary/aromatic N) is 3. The standard InChI is InChI=1S/C22H25N3O4/c1-29-17-4-2-3-16(12-17)23-7-9-24(10-8-23)18(26)13-25-21(27)19-14-5-6-15(11-14)20(19)22(25)28/h2-6,12,14-15,19-20H,7-11,13H2,1H3/t14-,15-,19-,20-/m0/s1. The van der Waals surface area contributed by atoms with Crippen molar-refractivity contribution in [3.05, 3.63) is 36.4 Å². The van der Waals surface area contributed by atoms with Crippen LogP contribution in [0.25, 0.3) is 0 Å². The second-order valence-corrected chi connectivity index (χ2v) is 8.33. The van der Waals surface area contributed by atoms with Crippen LogP contribution >= 0.6 is 0 Å². The van der Waals surface area contributed by atoms with Gasteiger partial charge in [0, 0.05) is 37.9 Å². The lowest BCUT2D eigenvalue weighted by molar-refractivity contribution is -0.147. The second kappa shape index (κ2) is 6.90. The number of imide groups is 1. The lowest BCUT2D eigenvalue weighted by Gasteiger charge is -2.36. The Morgan fingerprint density at radius 1 is 1.03 bits per heavy atom. The van der Waals surface area contributed by atoms with E-state index in [4.69, 9.17) is 4.74 Å². The topological polar surface area (TPSA) is 70.2 Å². The van der Waals surface area contributed by atoms with E-state index in [2.05, 4.69) is 17.1 Å². The SMILES string of the molecule is COc1cccc(N2CCN(C(=O)CN3C(=O)[C@@H]4[C@@H](C3=O)[C@H]3C=C[C@H]4C3)CC2)c1. The number of anilines is 1. The highest BCUT2D eigenvalue weighted by Crippen LogP contribution is 2.52. The van der Waals surface area contributed by atoms with Gasteiger partial charge >= 0.3 is 0 Å². The highest BCUT2D eigenvalue weighted by atomic mass is 16.5. The van der Waals surface area contributed by atoms with Crippen molar-refractivity contribution in [3.8, 4) is 5.75 Å². The third kappa shape index (κ3) is 2.91. The molecule has 0 aromatic heterocycles. The van der Waals surface area contributed by atoms with Gasteiger partial charge in [0.25, 0.3) is 0 Å². The number of hydrogen-bond acceptors (Lipinski definition) is 5. The number of piperazine rings is 1. The van der Waals surface area contributed by atoms with Gasteiger partial charge in [-0.05, 0) is 30.4 Å². The molecule has 0 N–H and O–H groups in total. The summed E-state index contributed by atoms with van der Waals surface area (Å²) in [7, 11) is 1.65. The highest BCUT2D eigenvalue weighted by molar-refractivity contribution is 6.08. The first-order valence-corrected chi connectivity index (χ1v) is 10.3. The summed E-state index contributed by atoms with van der Waals surface area (Å²) in [5.41, 5.74) is 1.07. The fourth-order valence-electron chi connectivity index (χ4n) is 5.38. The van der Waals surface area contributed by atoms with Crippen molar-refractivity contribution in [1.29, 1.82) is 0 Å². The molecule has 2 saturated heterocycles. The summed E-state index contributed by atoms with van der Waals surface area (Å²) in [6.07, 6.45) is 5.04.